The van der Waals surface area contributed by atoms with Crippen molar-refractivity contribution in [1.29, 1.82) is 0 Å². The molecular weight excluding hydrogens is 340 g/mol. The van der Waals surface area contributed by atoms with E-state index in [2.05, 4.69) is 15.4 Å². The molecule has 6 nitrogen and oxygen atoms in total. The van der Waals surface area contributed by atoms with Gasteiger partial charge in [0.25, 0.3) is 5.91 Å². The molecule has 1 aliphatic carbocycles. The van der Waals surface area contributed by atoms with Crippen LogP contribution in [-0.4, -0.2) is 31.9 Å². The summed E-state index contributed by atoms with van der Waals surface area (Å²) < 4.78 is 1.82. The lowest BCUT2D eigenvalue weighted by Gasteiger charge is -2.37. The summed E-state index contributed by atoms with van der Waals surface area (Å²) in [6.45, 7) is 0.618. The van der Waals surface area contributed by atoms with Crippen LogP contribution in [0, 0.1) is 5.92 Å². The molecular formula is C21H22N4O2. The van der Waals surface area contributed by atoms with Crippen molar-refractivity contribution in [3.8, 4) is 0 Å². The number of benzene rings is 1. The Labute approximate surface area is 157 Å². The number of carbonyl (C=O) groups excluding carboxylic acids is 1. The third-order valence-corrected chi connectivity index (χ3v) is 5.01. The number of aliphatic hydroxyl groups is 1. The summed E-state index contributed by atoms with van der Waals surface area (Å²) in [5.41, 5.74) is 2.45. The summed E-state index contributed by atoms with van der Waals surface area (Å²) in [7, 11) is 0. The highest BCUT2D eigenvalue weighted by molar-refractivity contribution is 5.94. The number of aliphatic hydroxyl groups excluding tert-OH is 1. The van der Waals surface area contributed by atoms with Crippen LogP contribution >= 0.6 is 0 Å². The molecule has 3 aromatic rings. The lowest BCUT2D eigenvalue weighted by Crippen LogP contribution is -2.41. The lowest BCUT2D eigenvalue weighted by atomic mass is 9.76. The number of nitrogens with one attached hydrogen (secondary N) is 1. The highest BCUT2D eigenvalue weighted by Gasteiger charge is 2.36. The molecule has 1 atom stereocenters. The van der Waals surface area contributed by atoms with Crippen LogP contribution in [-0.2, 0) is 6.54 Å². The minimum Gasteiger partial charge on any atom is -0.393 e. The van der Waals surface area contributed by atoms with Crippen molar-refractivity contribution in [3.05, 3.63) is 83.9 Å². The topological polar surface area (TPSA) is 80.0 Å². The van der Waals surface area contributed by atoms with Gasteiger partial charge in [-0.2, -0.15) is 5.10 Å². The van der Waals surface area contributed by atoms with Gasteiger partial charge >= 0.3 is 0 Å². The second-order valence-corrected chi connectivity index (χ2v) is 7.00. The maximum Gasteiger partial charge on any atom is 0.251 e. The molecule has 0 aliphatic heterocycles. The van der Waals surface area contributed by atoms with Gasteiger partial charge in [-0.3, -0.25) is 14.5 Å². The molecule has 0 bridgehead atoms. The van der Waals surface area contributed by atoms with Gasteiger partial charge in [-0.25, -0.2) is 0 Å². The van der Waals surface area contributed by atoms with Crippen molar-refractivity contribution in [2.24, 2.45) is 5.92 Å². The minimum absolute atomic E-state index is 0.130. The number of hydrogen-bond acceptors (Lipinski definition) is 4. The van der Waals surface area contributed by atoms with Crippen LogP contribution in [0.15, 0.2) is 67.1 Å². The molecule has 0 radical (unpaired) electrons. The fraction of sp³-hybridized carbons (Fsp3) is 0.286. The SMILES string of the molecule is O=C(N[C@@H](c1ccccn1)C1CC(O)C1)c1cccc(Cn2cccn2)c1. The van der Waals surface area contributed by atoms with E-state index >= 15 is 0 Å². The Morgan fingerprint density at radius 1 is 1.19 bits per heavy atom. The summed E-state index contributed by atoms with van der Waals surface area (Å²) in [4.78, 5) is 17.3. The van der Waals surface area contributed by atoms with Crippen LogP contribution in [0.1, 0.15) is 40.5 Å². The van der Waals surface area contributed by atoms with Crippen LogP contribution in [0.5, 0.6) is 0 Å². The van der Waals surface area contributed by atoms with E-state index in [0.29, 0.717) is 24.9 Å². The molecule has 138 valence electrons. The normalized spacial score (nSPS) is 19.9. The van der Waals surface area contributed by atoms with E-state index < -0.39 is 0 Å². The Hall–Kier alpha value is -2.99. The van der Waals surface area contributed by atoms with E-state index in [-0.39, 0.29) is 24.0 Å². The second kappa shape index (κ2) is 7.72. The zero-order valence-corrected chi connectivity index (χ0v) is 14.9. The predicted octanol–water partition coefficient (Wildman–Crippen LogP) is 2.57. The van der Waals surface area contributed by atoms with E-state index in [4.69, 9.17) is 0 Å². The third kappa shape index (κ3) is 4.06. The van der Waals surface area contributed by atoms with Gasteiger partial charge < -0.3 is 10.4 Å². The first-order valence-electron chi connectivity index (χ1n) is 9.15. The molecule has 27 heavy (non-hydrogen) atoms. The van der Waals surface area contributed by atoms with Gasteiger partial charge in [0.15, 0.2) is 0 Å². The van der Waals surface area contributed by atoms with Crippen molar-refractivity contribution in [1.82, 2.24) is 20.1 Å². The van der Waals surface area contributed by atoms with Crippen LogP contribution in [0.4, 0.5) is 0 Å². The van der Waals surface area contributed by atoms with Gasteiger partial charge in [-0.15, -0.1) is 0 Å². The van der Waals surface area contributed by atoms with Crippen molar-refractivity contribution >= 4 is 5.91 Å². The maximum atomic E-state index is 12.9. The van der Waals surface area contributed by atoms with Crippen molar-refractivity contribution in [2.45, 2.75) is 31.5 Å². The number of nitrogens with zero attached hydrogens (tertiary/aromatic N) is 3. The highest BCUT2D eigenvalue weighted by Crippen LogP contribution is 2.37. The average Bonchev–Trinajstić information content (AvgIpc) is 3.17. The van der Waals surface area contributed by atoms with Crippen LogP contribution in [0.3, 0.4) is 0 Å². The Morgan fingerprint density at radius 2 is 2.07 bits per heavy atom. The first kappa shape index (κ1) is 17.4. The molecule has 4 rings (SSSR count). The Kier molecular flexibility index (Phi) is 4.98. The van der Waals surface area contributed by atoms with Crippen molar-refractivity contribution in [2.75, 3.05) is 0 Å². The number of amides is 1. The molecule has 1 aliphatic rings. The Balaban J connectivity index is 1.51. The number of aromatic nitrogens is 3. The minimum atomic E-state index is -0.282. The molecule has 1 aromatic carbocycles. The second-order valence-electron chi connectivity index (χ2n) is 7.00. The summed E-state index contributed by atoms with van der Waals surface area (Å²) in [5, 5.41) is 17.0. The quantitative estimate of drug-likeness (QED) is 0.706. The van der Waals surface area contributed by atoms with Crippen molar-refractivity contribution in [3.63, 3.8) is 0 Å². The van der Waals surface area contributed by atoms with E-state index in [1.54, 1.807) is 12.4 Å². The van der Waals surface area contributed by atoms with Crippen molar-refractivity contribution < 1.29 is 9.90 Å². The highest BCUT2D eigenvalue weighted by atomic mass is 16.3. The molecule has 0 saturated heterocycles. The summed E-state index contributed by atoms with van der Waals surface area (Å²) in [6.07, 6.45) is 6.44. The molecule has 1 amide bonds. The zero-order valence-electron chi connectivity index (χ0n) is 14.9. The smallest absolute Gasteiger partial charge is 0.251 e. The number of hydrogen-bond donors (Lipinski definition) is 2. The lowest BCUT2D eigenvalue weighted by molar-refractivity contribution is 0.0228. The maximum absolute atomic E-state index is 12.9. The molecule has 0 unspecified atom stereocenters. The standard InChI is InChI=1S/C21H22N4O2/c26-18-12-17(13-18)20(19-7-1-2-8-22-19)24-21(27)16-6-3-5-15(11-16)14-25-10-4-9-23-25/h1-11,17-18,20,26H,12-14H2,(H,24,27)/t17?,18?,20-/m1/s1. The monoisotopic (exact) mass is 362 g/mol. The average molecular weight is 362 g/mol. The molecule has 2 N–H and O–H groups in total. The van der Waals surface area contributed by atoms with E-state index in [0.717, 1.165) is 11.3 Å². The zero-order chi connectivity index (χ0) is 18.6. The van der Waals surface area contributed by atoms with E-state index in [1.807, 2.05) is 59.4 Å². The Bertz CT molecular complexity index is 890. The van der Waals surface area contributed by atoms with Gasteiger partial charge in [0, 0.05) is 24.2 Å². The van der Waals surface area contributed by atoms with Gasteiger partial charge in [0.2, 0.25) is 0 Å². The molecule has 1 fully saturated rings. The molecule has 2 heterocycles. The van der Waals surface area contributed by atoms with Gasteiger partial charge in [0.1, 0.15) is 0 Å². The van der Waals surface area contributed by atoms with Gasteiger partial charge in [-0.1, -0.05) is 18.2 Å². The van der Waals surface area contributed by atoms with E-state index in [9.17, 15) is 9.90 Å². The first-order chi connectivity index (χ1) is 13.2. The number of pyridine rings is 1. The number of carbonyl (C=O) groups is 1. The fourth-order valence-electron chi connectivity index (χ4n) is 3.51. The summed E-state index contributed by atoms with van der Waals surface area (Å²) in [5.74, 6) is 0.0699. The Morgan fingerprint density at radius 3 is 2.78 bits per heavy atom. The first-order valence-corrected chi connectivity index (χ1v) is 9.15. The van der Waals surface area contributed by atoms with Crippen LogP contribution in [0.2, 0.25) is 0 Å². The summed E-state index contributed by atoms with van der Waals surface area (Å²) >= 11 is 0. The number of rotatable bonds is 6. The van der Waals surface area contributed by atoms with Crippen LogP contribution in [0.25, 0.3) is 0 Å². The molecule has 2 aromatic heterocycles. The summed E-state index contributed by atoms with van der Waals surface area (Å²) in [6, 6.07) is 14.9. The third-order valence-electron chi connectivity index (χ3n) is 5.01. The van der Waals surface area contributed by atoms with Crippen LogP contribution < -0.4 is 5.32 Å². The largest absolute Gasteiger partial charge is 0.393 e. The molecule has 0 spiro atoms. The molecule has 1 saturated carbocycles. The van der Waals surface area contributed by atoms with E-state index in [1.165, 1.54) is 0 Å². The predicted molar refractivity (Wildman–Crippen MR) is 101 cm³/mol. The fourth-order valence-corrected chi connectivity index (χ4v) is 3.51. The van der Waals surface area contributed by atoms with Gasteiger partial charge in [-0.05, 0) is 54.7 Å². The molecule has 6 heteroatoms. The van der Waals surface area contributed by atoms with Gasteiger partial charge in [0.05, 0.1) is 24.4 Å².